The number of hydrogen-bond acceptors (Lipinski definition) is 3. The highest BCUT2D eigenvalue weighted by molar-refractivity contribution is 7.80. The van der Waals surface area contributed by atoms with E-state index in [0.717, 1.165) is 11.5 Å². The maximum Gasteiger partial charge on any atom is 0.191 e. The third-order valence-electron chi connectivity index (χ3n) is 1.34. The summed E-state index contributed by atoms with van der Waals surface area (Å²) in [6.45, 7) is 5.72. The van der Waals surface area contributed by atoms with Crippen molar-refractivity contribution in [3.05, 3.63) is 17.3 Å². The van der Waals surface area contributed by atoms with E-state index in [2.05, 4.69) is 17.6 Å². The van der Waals surface area contributed by atoms with E-state index in [-0.39, 0.29) is 5.25 Å². The van der Waals surface area contributed by atoms with Crippen LogP contribution in [0, 0.1) is 13.8 Å². The first-order chi connectivity index (χ1) is 4.61. The molecule has 3 heteroatoms. The standard InChI is InChI=1S/C7H11NOS/c1-4-7(5(2)10)8-6(3)9-4/h5,10H,1-3H3. The molecule has 56 valence electrons. The van der Waals surface area contributed by atoms with Crippen LogP contribution >= 0.6 is 12.6 Å². The van der Waals surface area contributed by atoms with Gasteiger partial charge in [0.05, 0.1) is 5.69 Å². The lowest BCUT2D eigenvalue weighted by Gasteiger charge is -1.96. The minimum atomic E-state index is 0.164. The molecule has 0 N–H and O–H groups in total. The summed E-state index contributed by atoms with van der Waals surface area (Å²) in [6, 6.07) is 0. The summed E-state index contributed by atoms with van der Waals surface area (Å²) in [4.78, 5) is 4.17. The van der Waals surface area contributed by atoms with Gasteiger partial charge >= 0.3 is 0 Å². The van der Waals surface area contributed by atoms with Gasteiger partial charge in [-0.05, 0) is 13.8 Å². The van der Waals surface area contributed by atoms with E-state index >= 15 is 0 Å². The average molecular weight is 157 g/mol. The minimum absolute atomic E-state index is 0.164. The lowest BCUT2D eigenvalue weighted by atomic mass is 10.3. The van der Waals surface area contributed by atoms with Gasteiger partial charge in [0, 0.05) is 12.2 Å². The molecule has 0 radical (unpaired) electrons. The van der Waals surface area contributed by atoms with E-state index in [4.69, 9.17) is 4.42 Å². The van der Waals surface area contributed by atoms with Gasteiger partial charge in [-0.2, -0.15) is 12.6 Å². The third-order valence-corrected chi connectivity index (χ3v) is 1.58. The van der Waals surface area contributed by atoms with Crippen molar-refractivity contribution in [3.63, 3.8) is 0 Å². The monoisotopic (exact) mass is 157 g/mol. The number of aryl methyl sites for hydroxylation is 2. The second-order valence-corrected chi connectivity index (χ2v) is 3.12. The molecule has 0 bridgehead atoms. The molecule has 0 aliphatic carbocycles. The van der Waals surface area contributed by atoms with Crippen molar-refractivity contribution < 1.29 is 4.42 Å². The molecule has 1 atom stereocenters. The number of thiol groups is 1. The van der Waals surface area contributed by atoms with Crippen LogP contribution in [0.2, 0.25) is 0 Å². The zero-order chi connectivity index (χ0) is 7.72. The lowest BCUT2D eigenvalue weighted by Crippen LogP contribution is -1.86. The van der Waals surface area contributed by atoms with Gasteiger partial charge in [-0.1, -0.05) is 0 Å². The molecule has 10 heavy (non-hydrogen) atoms. The molecular weight excluding hydrogens is 146 g/mol. The topological polar surface area (TPSA) is 26.0 Å². The Balaban J connectivity index is 3.03. The van der Waals surface area contributed by atoms with Crippen LogP contribution in [0.5, 0.6) is 0 Å². The summed E-state index contributed by atoms with van der Waals surface area (Å²) in [5.41, 5.74) is 0.945. The smallest absolute Gasteiger partial charge is 0.191 e. The van der Waals surface area contributed by atoms with E-state index in [1.807, 2.05) is 20.8 Å². The number of rotatable bonds is 1. The van der Waals surface area contributed by atoms with Crippen LogP contribution in [0.1, 0.15) is 29.5 Å². The van der Waals surface area contributed by atoms with Crippen molar-refractivity contribution in [1.29, 1.82) is 0 Å². The molecule has 1 heterocycles. The highest BCUT2D eigenvalue weighted by Crippen LogP contribution is 2.21. The Kier molecular flexibility index (Phi) is 2.04. The number of nitrogens with zero attached hydrogens (tertiary/aromatic N) is 1. The van der Waals surface area contributed by atoms with Crippen LogP contribution in [0.4, 0.5) is 0 Å². The zero-order valence-electron chi connectivity index (χ0n) is 6.38. The predicted octanol–water partition coefficient (Wildman–Crippen LogP) is 2.28. The first kappa shape index (κ1) is 7.66. The van der Waals surface area contributed by atoms with E-state index in [1.54, 1.807) is 0 Å². The fraction of sp³-hybridized carbons (Fsp3) is 0.571. The molecule has 0 fully saturated rings. The van der Waals surface area contributed by atoms with E-state index < -0.39 is 0 Å². The van der Waals surface area contributed by atoms with E-state index in [1.165, 1.54) is 0 Å². The van der Waals surface area contributed by atoms with Crippen LogP contribution < -0.4 is 0 Å². The molecule has 0 spiro atoms. The SMILES string of the molecule is Cc1nc(C(C)S)c(C)o1. The maximum atomic E-state index is 5.22. The first-order valence-corrected chi connectivity index (χ1v) is 3.75. The summed E-state index contributed by atoms with van der Waals surface area (Å²) >= 11 is 4.25. The van der Waals surface area contributed by atoms with Crippen molar-refractivity contribution >= 4 is 12.6 Å². The van der Waals surface area contributed by atoms with E-state index in [0.29, 0.717) is 5.89 Å². The van der Waals surface area contributed by atoms with E-state index in [9.17, 15) is 0 Å². The van der Waals surface area contributed by atoms with Crippen molar-refractivity contribution in [2.24, 2.45) is 0 Å². The van der Waals surface area contributed by atoms with Crippen molar-refractivity contribution in [3.8, 4) is 0 Å². The molecular formula is C7H11NOS. The Bertz CT molecular complexity index is 230. The summed E-state index contributed by atoms with van der Waals surface area (Å²) in [6.07, 6.45) is 0. The molecule has 0 aromatic carbocycles. The fourth-order valence-corrected chi connectivity index (χ4v) is 1.17. The average Bonchev–Trinajstić information content (AvgIpc) is 2.10. The van der Waals surface area contributed by atoms with Gasteiger partial charge in [0.1, 0.15) is 5.76 Å². The minimum Gasteiger partial charge on any atom is -0.446 e. The molecule has 1 aromatic rings. The summed E-state index contributed by atoms with van der Waals surface area (Å²) in [5.74, 6) is 1.59. The molecule has 0 aliphatic heterocycles. The molecule has 1 aromatic heterocycles. The van der Waals surface area contributed by atoms with Gasteiger partial charge in [0.25, 0.3) is 0 Å². The number of hydrogen-bond donors (Lipinski definition) is 1. The largest absolute Gasteiger partial charge is 0.446 e. The van der Waals surface area contributed by atoms with Crippen LogP contribution in [-0.4, -0.2) is 4.98 Å². The number of aromatic nitrogens is 1. The molecule has 1 rings (SSSR count). The molecule has 0 aliphatic rings. The Morgan fingerprint density at radius 2 is 2.10 bits per heavy atom. The van der Waals surface area contributed by atoms with Gasteiger partial charge in [-0.15, -0.1) is 0 Å². The quantitative estimate of drug-likeness (QED) is 0.633. The molecule has 0 saturated heterocycles. The summed E-state index contributed by atoms with van der Waals surface area (Å²) in [5, 5.41) is 0.164. The summed E-state index contributed by atoms with van der Waals surface area (Å²) < 4.78 is 5.22. The van der Waals surface area contributed by atoms with Crippen molar-refractivity contribution in [2.75, 3.05) is 0 Å². The summed E-state index contributed by atoms with van der Waals surface area (Å²) in [7, 11) is 0. The Labute approximate surface area is 66.1 Å². The molecule has 0 amide bonds. The molecule has 1 unspecified atom stereocenters. The van der Waals surface area contributed by atoms with Crippen LogP contribution in [0.25, 0.3) is 0 Å². The third kappa shape index (κ3) is 1.34. The lowest BCUT2D eigenvalue weighted by molar-refractivity contribution is 0.493. The van der Waals surface area contributed by atoms with Crippen LogP contribution in [0.15, 0.2) is 4.42 Å². The molecule has 2 nitrogen and oxygen atoms in total. The van der Waals surface area contributed by atoms with Gasteiger partial charge < -0.3 is 4.42 Å². The first-order valence-electron chi connectivity index (χ1n) is 3.23. The maximum absolute atomic E-state index is 5.22. The Hall–Kier alpha value is -0.440. The van der Waals surface area contributed by atoms with Gasteiger partial charge in [0.2, 0.25) is 0 Å². The number of oxazole rings is 1. The second kappa shape index (κ2) is 2.66. The van der Waals surface area contributed by atoms with Crippen LogP contribution in [0.3, 0.4) is 0 Å². The zero-order valence-corrected chi connectivity index (χ0v) is 7.27. The van der Waals surface area contributed by atoms with Gasteiger partial charge in [-0.3, -0.25) is 0 Å². The highest BCUT2D eigenvalue weighted by Gasteiger charge is 2.09. The fourth-order valence-electron chi connectivity index (χ4n) is 0.933. The molecule has 0 saturated carbocycles. The van der Waals surface area contributed by atoms with Crippen molar-refractivity contribution in [1.82, 2.24) is 4.98 Å². The predicted molar refractivity (Wildman–Crippen MR) is 43.4 cm³/mol. The highest BCUT2D eigenvalue weighted by atomic mass is 32.1. The van der Waals surface area contributed by atoms with Crippen LogP contribution in [-0.2, 0) is 0 Å². The normalized spacial score (nSPS) is 13.6. The van der Waals surface area contributed by atoms with Gasteiger partial charge in [-0.25, -0.2) is 4.98 Å². The second-order valence-electron chi connectivity index (χ2n) is 2.35. The van der Waals surface area contributed by atoms with Gasteiger partial charge in [0.15, 0.2) is 5.89 Å². The van der Waals surface area contributed by atoms with Crippen molar-refractivity contribution in [2.45, 2.75) is 26.0 Å². The Morgan fingerprint density at radius 1 is 1.50 bits per heavy atom. The Morgan fingerprint density at radius 3 is 2.30 bits per heavy atom.